The molecule has 0 unspecified atom stereocenters. The van der Waals surface area contributed by atoms with Crippen molar-refractivity contribution in [2.45, 2.75) is 19.3 Å². The number of rotatable bonds is 7. The summed E-state index contributed by atoms with van der Waals surface area (Å²) in [6.45, 7) is 0.457. The number of benzene rings is 1. The van der Waals surface area contributed by atoms with Gasteiger partial charge in [-0.2, -0.15) is 13.2 Å². The first-order valence-corrected chi connectivity index (χ1v) is 8.96. The topological polar surface area (TPSA) is 77.0 Å². The van der Waals surface area contributed by atoms with Gasteiger partial charge in [0.15, 0.2) is 23.2 Å². The lowest BCUT2D eigenvalue weighted by Gasteiger charge is -2.17. The van der Waals surface area contributed by atoms with Gasteiger partial charge in [0, 0.05) is 24.5 Å². The Morgan fingerprint density at radius 3 is 2.24 bits per heavy atom. The molecule has 2 rings (SSSR count). The second kappa shape index (κ2) is 11.3. The van der Waals surface area contributed by atoms with Gasteiger partial charge in [-0.3, -0.25) is 4.99 Å². The summed E-state index contributed by atoms with van der Waals surface area (Å²) >= 11 is 0.932. The number of thiazole rings is 1. The van der Waals surface area contributed by atoms with Gasteiger partial charge in [-0.15, -0.1) is 35.3 Å². The average molecular weight is 546 g/mol. The second-order valence-electron chi connectivity index (χ2n) is 5.40. The lowest BCUT2D eigenvalue weighted by molar-refractivity contribution is -0.140. The molecule has 0 aliphatic rings. The van der Waals surface area contributed by atoms with E-state index in [0.29, 0.717) is 34.8 Å². The number of ether oxygens (including phenoxy) is 3. The Bertz CT molecular complexity index is 831. The van der Waals surface area contributed by atoms with Crippen molar-refractivity contribution < 1.29 is 27.4 Å². The second-order valence-corrected chi connectivity index (χ2v) is 6.34. The van der Waals surface area contributed by atoms with Crippen LogP contribution in [0.3, 0.4) is 0 Å². The van der Waals surface area contributed by atoms with Crippen molar-refractivity contribution in [3.05, 3.63) is 33.8 Å². The van der Waals surface area contributed by atoms with Gasteiger partial charge >= 0.3 is 6.18 Å². The van der Waals surface area contributed by atoms with Crippen molar-refractivity contribution >= 4 is 41.3 Å². The lowest BCUT2D eigenvalue weighted by atomic mass is 10.1. The quantitative estimate of drug-likeness (QED) is 0.314. The molecule has 29 heavy (non-hydrogen) atoms. The zero-order valence-electron chi connectivity index (χ0n) is 16.2. The summed E-state index contributed by atoms with van der Waals surface area (Å²) in [5.41, 5.74) is -0.107. The van der Waals surface area contributed by atoms with E-state index in [4.69, 9.17) is 14.2 Å². The van der Waals surface area contributed by atoms with Gasteiger partial charge in [0.1, 0.15) is 5.01 Å². The van der Waals surface area contributed by atoms with Crippen molar-refractivity contribution in [3.63, 3.8) is 0 Å². The Balaban J connectivity index is 0.00000420. The Morgan fingerprint density at radius 1 is 1.07 bits per heavy atom. The fourth-order valence-corrected chi connectivity index (χ4v) is 3.12. The summed E-state index contributed by atoms with van der Waals surface area (Å²) < 4.78 is 53.9. The average Bonchev–Trinajstić information content (AvgIpc) is 3.16. The predicted molar refractivity (Wildman–Crippen MR) is 116 cm³/mol. The number of guanidine groups is 1. The summed E-state index contributed by atoms with van der Waals surface area (Å²) in [7, 11) is 6.13. The largest absolute Gasteiger partial charge is 0.493 e. The number of aromatic nitrogens is 1. The number of halogens is 4. The minimum atomic E-state index is -4.45. The maximum atomic E-state index is 12.6. The van der Waals surface area contributed by atoms with Crippen LogP contribution in [0.2, 0.25) is 0 Å². The van der Waals surface area contributed by atoms with Gasteiger partial charge in [-0.05, 0) is 12.1 Å². The molecular weight excluding hydrogens is 524 g/mol. The smallest absolute Gasteiger partial charge is 0.434 e. The van der Waals surface area contributed by atoms with Crippen molar-refractivity contribution in [2.24, 2.45) is 4.99 Å². The molecule has 162 valence electrons. The summed E-state index contributed by atoms with van der Waals surface area (Å²) in [4.78, 5) is 7.63. The van der Waals surface area contributed by atoms with Gasteiger partial charge in [0.25, 0.3) is 0 Å². The molecule has 1 aromatic carbocycles. The molecule has 0 bridgehead atoms. The van der Waals surface area contributed by atoms with E-state index in [1.54, 1.807) is 13.1 Å². The van der Waals surface area contributed by atoms with Gasteiger partial charge in [-0.25, -0.2) is 4.98 Å². The van der Waals surface area contributed by atoms with Crippen LogP contribution < -0.4 is 24.8 Å². The molecule has 0 atom stereocenters. The minimum absolute atomic E-state index is 0. The van der Waals surface area contributed by atoms with Gasteiger partial charge < -0.3 is 24.8 Å². The highest BCUT2D eigenvalue weighted by atomic mass is 127. The molecule has 0 aliphatic carbocycles. The first-order chi connectivity index (χ1) is 13.3. The number of hydrogen-bond donors (Lipinski definition) is 2. The standard InChI is InChI=1S/C17H21F3N4O3S.HI/c1-21-16(23-8-13-24-12(9-28-13)17(18,19)20)22-7-10-5-6-11(25-2)15(27-4)14(10)26-3;/h5-6,9H,7-8H2,1-4H3,(H2,21,22,23);1H. The number of nitrogens with one attached hydrogen (secondary N) is 2. The van der Waals surface area contributed by atoms with E-state index < -0.39 is 11.9 Å². The maximum absolute atomic E-state index is 12.6. The molecule has 7 nitrogen and oxygen atoms in total. The van der Waals surface area contributed by atoms with Crippen LogP contribution in [0.5, 0.6) is 17.2 Å². The molecule has 2 aromatic rings. The van der Waals surface area contributed by atoms with Crippen LogP contribution in [0.4, 0.5) is 13.2 Å². The molecule has 0 spiro atoms. The number of methoxy groups -OCH3 is 3. The van der Waals surface area contributed by atoms with Crippen molar-refractivity contribution in [2.75, 3.05) is 28.4 Å². The Morgan fingerprint density at radius 2 is 1.72 bits per heavy atom. The van der Waals surface area contributed by atoms with Crippen LogP contribution in [0, 0.1) is 0 Å². The zero-order chi connectivity index (χ0) is 20.7. The van der Waals surface area contributed by atoms with Crippen LogP contribution in [0.1, 0.15) is 16.3 Å². The SMILES string of the molecule is CN=C(NCc1nc(C(F)(F)F)cs1)NCc1ccc(OC)c(OC)c1OC.I. The number of hydrogen-bond acceptors (Lipinski definition) is 6. The highest BCUT2D eigenvalue weighted by Gasteiger charge is 2.33. The molecule has 0 saturated carbocycles. The van der Waals surface area contributed by atoms with Gasteiger partial charge in [-0.1, -0.05) is 0 Å². The van der Waals surface area contributed by atoms with E-state index in [0.717, 1.165) is 22.3 Å². The van der Waals surface area contributed by atoms with Crippen molar-refractivity contribution in [3.8, 4) is 17.2 Å². The predicted octanol–water partition coefficient (Wildman–Crippen LogP) is 3.67. The van der Waals surface area contributed by atoms with Gasteiger partial charge in [0.2, 0.25) is 5.75 Å². The first kappa shape index (κ1) is 25.1. The van der Waals surface area contributed by atoms with Crippen LogP contribution in [-0.4, -0.2) is 39.3 Å². The molecule has 0 fully saturated rings. The Labute approximate surface area is 187 Å². The third kappa shape index (κ3) is 6.52. The highest BCUT2D eigenvalue weighted by molar-refractivity contribution is 14.0. The molecule has 0 aliphatic heterocycles. The maximum Gasteiger partial charge on any atom is 0.434 e. The van der Waals surface area contributed by atoms with Crippen LogP contribution in [0.15, 0.2) is 22.5 Å². The summed E-state index contributed by atoms with van der Waals surface area (Å²) in [6, 6.07) is 3.57. The van der Waals surface area contributed by atoms with E-state index in [-0.39, 0.29) is 30.5 Å². The minimum Gasteiger partial charge on any atom is -0.493 e. The molecule has 1 aromatic heterocycles. The van der Waals surface area contributed by atoms with Crippen LogP contribution in [-0.2, 0) is 19.3 Å². The molecule has 0 saturated heterocycles. The number of aliphatic imine (C=N–C) groups is 1. The fraction of sp³-hybridized carbons (Fsp3) is 0.412. The Hall–Kier alpha value is -1.96. The van der Waals surface area contributed by atoms with Gasteiger partial charge in [0.05, 0.1) is 27.9 Å². The normalized spacial score (nSPS) is 11.5. The van der Waals surface area contributed by atoms with Crippen molar-refractivity contribution in [1.82, 2.24) is 15.6 Å². The molecule has 2 N–H and O–H groups in total. The van der Waals surface area contributed by atoms with Crippen LogP contribution >= 0.6 is 35.3 Å². The monoisotopic (exact) mass is 546 g/mol. The van der Waals surface area contributed by atoms with Crippen LogP contribution in [0.25, 0.3) is 0 Å². The molecular formula is C17H22F3IN4O3S. The number of nitrogens with zero attached hydrogens (tertiary/aromatic N) is 2. The third-order valence-corrected chi connectivity index (χ3v) is 4.55. The third-order valence-electron chi connectivity index (χ3n) is 3.70. The molecule has 1 heterocycles. The zero-order valence-corrected chi connectivity index (χ0v) is 19.4. The van der Waals surface area contributed by atoms with E-state index in [9.17, 15) is 13.2 Å². The highest BCUT2D eigenvalue weighted by Crippen LogP contribution is 2.39. The fourth-order valence-electron chi connectivity index (χ4n) is 2.38. The van der Waals surface area contributed by atoms with E-state index in [1.807, 2.05) is 6.07 Å². The van der Waals surface area contributed by atoms with E-state index in [1.165, 1.54) is 21.3 Å². The summed E-state index contributed by atoms with van der Waals surface area (Å²) in [5.74, 6) is 1.92. The summed E-state index contributed by atoms with van der Waals surface area (Å²) in [6.07, 6.45) is -4.45. The summed E-state index contributed by atoms with van der Waals surface area (Å²) in [5, 5.41) is 7.30. The Kier molecular flexibility index (Phi) is 9.76. The van der Waals surface area contributed by atoms with E-state index >= 15 is 0 Å². The van der Waals surface area contributed by atoms with Crippen molar-refractivity contribution in [1.29, 1.82) is 0 Å². The number of alkyl halides is 3. The first-order valence-electron chi connectivity index (χ1n) is 8.08. The lowest BCUT2D eigenvalue weighted by Crippen LogP contribution is -2.36. The molecule has 0 amide bonds. The molecule has 0 radical (unpaired) electrons. The van der Waals surface area contributed by atoms with E-state index in [2.05, 4.69) is 20.6 Å². The molecule has 12 heteroatoms.